The van der Waals surface area contributed by atoms with Crippen LogP contribution in [0.3, 0.4) is 0 Å². The number of aliphatic imine (C=N–C) groups is 1. The molecule has 6 heteroatoms. The first kappa shape index (κ1) is 19.1. The minimum atomic E-state index is -0.759. The smallest absolute Gasteiger partial charge is 0.303 e. The summed E-state index contributed by atoms with van der Waals surface area (Å²) >= 11 is 0. The predicted octanol–water partition coefficient (Wildman–Crippen LogP) is 2.45. The molecule has 0 bridgehead atoms. The third-order valence-electron chi connectivity index (χ3n) is 2.86. The molecule has 0 aromatic carbocycles. The number of nitrogens with one attached hydrogen (secondary N) is 1. The molecule has 0 atom stereocenters. The Kier molecular flexibility index (Phi) is 12.0. The summed E-state index contributed by atoms with van der Waals surface area (Å²) in [4.78, 5) is 24.4. The number of aliphatic carboxylic acids is 2. The van der Waals surface area contributed by atoms with Crippen molar-refractivity contribution in [2.75, 3.05) is 13.1 Å². The van der Waals surface area contributed by atoms with Gasteiger partial charge >= 0.3 is 11.9 Å². The molecule has 0 unspecified atom stereocenters. The fraction of sp³-hybridized carbons (Fsp3) is 0.667. The van der Waals surface area contributed by atoms with E-state index >= 15 is 0 Å². The molecule has 0 aromatic rings. The van der Waals surface area contributed by atoms with Gasteiger partial charge in [-0.25, -0.2) is 0 Å². The Morgan fingerprint density at radius 3 is 2.00 bits per heavy atom. The average Bonchev–Trinajstić information content (AvgIpc) is 2.91. The molecule has 3 N–H and O–H groups in total. The second-order valence-corrected chi connectivity index (χ2v) is 4.80. The molecule has 21 heavy (non-hydrogen) atoms. The lowest BCUT2D eigenvalue weighted by molar-refractivity contribution is -0.138. The van der Waals surface area contributed by atoms with E-state index in [9.17, 15) is 9.59 Å². The van der Waals surface area contributed by atoms with Crippen molar-refractivity contribution in [3.63, 3.8) is 0 Å². The third kappa shape index (κ3) is 14.4. The van der Waals surface area contributed by atoms with Crippen molar-refractivity contribution in [2.45, 2.75) is 51.4 Å². The molecule has 1 rings (SSSR count). The van der Waals surface area contributed by atoms with Crippen molar-refractivity contribution >= 4 is 17.8 Å². The van der Waals surface area contributed by atoms with Gasteiger partial charge in [0.15, 0.2) is 0 Å². The zero-order valence-corrected chi connectivity index (χ0v) is 12.5. The molecule has 0 saturated carbocycles. The van der Waals surface area contributed by atoms with E-state index in [2.05, 4.69) is 16.9 Å². The molecule has 1 aliphatic rings. The number of carbonyl (C=O) groups is 2. The quantitative estimate of drug-likeness (QED) is 0.425. The number of amidine groups is 1. The Morgan fingerprint density at radius 1 is 1.10 bits per heavy atom. The van der Waals surface area contributed by atoms with E-state index in [1.165, 1.54) is 0 Å². The van der Waals surface area contributed by atoms with E-state index in [4.69, 9.17) is 10.2 Å². The molecular weight excluding hydrogens is 272 g/mol. The van der Waals surface area contributed by atoms with Crippen LogP contribution in [0.15, 0.2) is 17.6 Å². The maximum Gasteiger partial charge on any atom is 0.303 e. The molecule has 0 fully saturated rings. The summed E-state index contributed by atoms with van der Waals surface area (Å²) in [5.41, 5.74) is 0. The van der Waals surface area contributed by atoms with Crippen LogP contribution in [0.25, 0.3) is 0 Å². The molecule has 120 valence electrons. The van der Waals surface area contributed by atoms with Crippen LogP contribution in [-0.2, 0) is 9.59 Å². The number of carboxylic acid groups (broad SMARTS) is 2. The van der Waals surface area contributed by atoms with E-state index < -0.39 is 11.9 Å². The molecule has 0 saturated heterocycles. The Balaban J connectivity index is 0.000000423. The lowest BCUT2D eigenvalue weighted by Crippen LogP contribution is -2.17. The fourth-order valence-corrected chi connectivity index (χ4v) is 1.80. The van der Waals surface area contributed by atoms with Gasteiger partial charge in [-0.1, -0.05) is 25.3 Å². The second kappa shape index (κ2) is 13.1. The van der Waals surface area contributed by atoms with Gasteiger partial charge in [0.1, 0.15) is 5.84 Å². The van der Waals surface area contributed by atoms with Crippen LogP contribution < -0.4 is 5.32 Å². The van der Waals surface area contributed by atoms with Crippen LogP contribution >= 0.6 is 0 Å². The topological polar surface area (TPSA) is 99.0 Å². The molecule has 1 heterocycles. The van der Waals surface area contributed by atoms with E-state index in [0.29, 0.717) is 12.8 Å². The van der Waals surface area contributed by atoms with Crippen LogP contribution in [0, 0.1) is 0 Å². The van der Waals surface area contributed by atoms with Crippen molar-refractivity contribution in [2.24, 2.45) is 4.99 Å². The van der Waals surface area contributed by atoms with Crippen LogP contribution in [-0.4, -0.2) is 41.1 Å². The second-order valence-electron chi connectivity index (χ2n) is 4.80. The molecule has 0 spiro atoms. The van der Waals surface area contributed by atoms with Crippen LogP contribution in [0.4, 0.5) is 0 Å². The lowest BCUT2D eigenvalue weighted by atomic mass is 10.1. The molecular formula is C15H26N2O4. The largest absolute Gasteiger partial charge is 0.481 e. The first-order valence-corrected chi connectivity index (χ1v) is 7.38. The third-order valence-corrected chi connectivity index (χ3v) is 2.86. The van der Waals surface area contributed by atoms with Gasteiger partial charge in [0.2, 0.25) is 0 Å². The number of nitrogens with zero attached hydrogens (tertiary/aromatic N) is 1. The Labute approximate surface area is 126 Å². The summed E-state index contributed by atoms with van der Waals surface area (Å²) in [5.74, 6) is -0.434. The molecule has 0 amide bonds. The minimum absolute atomic E-state index is 0.221. The number of carboxylic acids is 2. The summed E-state index contributed by atoms with van der Waals surface area (Å²) in [7, 11) is 0. The average molecular weight is 298 g/mol. The number of hydrogen-bond donors (Lipinski definition) is 3. The Morgan fingerprint density at radius 2 is 1.62 bits per heavy atom. The van der Waals surface area contributed by atoms with Crippen molar-refractivity contribution in [1.82, 2.24) is 5.32 Å². The van der Waals surface area contributed by atoms with Gasteiger partial charge in [-0.2, -0.15) is 0 Å². The van der Waals surface area contributed by atoms with E-state index in [1.807, 2.05) is 6.08 Å². The van der Waals surface area contributed by atoms with Gasteiger partial charge in [0.25, 0.3) is 0 Å². The van der Waals surface area contributed by atoms with E-state index in [-0.39, 0.29) is 12.8 Å². The summed E-state index contributed by atoms with van der Waals surface area (Å²) in [6.07, 6.45) is 7.28. The molecule has 0 aliphatic carbocycles. The Bertz CT molecular complexity index is 336. The Hall–Kier alpha value is -1.85. The van der Waals surface area contributed by atoms with Crippen molar-refractivity contribution in [3.05, 3.63) is 12.7 Å². The lowest BCUT2D eigenvalue weighted by Gasteiger charge is -1.97. The SMILES string of the molecule is C=CCC1=NCCN1.O=C(O)CCCCCCCC(=O)O. The summed E-state index contributed by atoms with van der Waals surface area (Å²) < 4.78 is 0. The number of unbranched alkanes of at least 4 members (excludes halogenated alkanes) is 4. The highest BCUT2D eigenvalue weighted by atomic mass is 16.4. The van der Waals surface area contributed by atoms with E-state index in [1.54, 1.807) is 0 Å². The molecule has 0 aromatic heterocycles. The molecule has 1 aliphatic heterocycles. The van der Waals surface area contributed by atoms with Gasteiger partial charge in [0, 0.05) is 25.8 Å². The summed E-state index contributed by atoms with van der Waals surface area (Å²) in [6.45, 7) is 5.54. The maximum absolute atomic E-state index is 10.1. The van der Waals surface area contributed by atoms with Crippen LogP contribution in [0.1, 0.15) is 51.4 Å². The molecule has 0 radical (unpaired) electrons. The normalized spacial score (nSPS) is 12.7. The fourth-order valence-electron chi connectivity index (χ4n) is 1.80. The van der Waals surface area contributed by atoms with Crippen molar-refractivity contribution in [1.29, 1.82) is 0 Å². The number of rotatable bonds is 10. The first-order valence-electron chi connectivity index (χ1n) is 7.38. The van der Waals surface area contributed by atoms with Crippen LogP contribution in [0.5, 0.6) is 0 Å². The van der Waals surface area contributed by atoms with E-state index in [0.717, 1.165) is 44.6 Å². The van der Waals surface area contributed by atoms with Gasteiger partial charge in [0.05, 0.1) is 6.54 Å². The summed E-state index contributed by atoms with van der Waals surface area (Å²) in [5, 5.41) is 19.8. The van der Waals surface area contributed by atoms with Gasteiger partial charge in [-0.05, 0) is 12.8 Å². The van der Waals surface area contributed by atoms with Gasteiger partial charge < -0.3 is 15.5 Å². The zero-order valence-electron chi connectivity index (χ0n) is 12.5. The highest BCUT2D eigenvalue weighted by Gasteiger charge is 2.00. The standard InChI is InChI=1S/C9H16O4.C6H10N2/c10-8(11)6-4-2-1-3-5-7-9(12)13;1-2-3-6-7-4-5-8-6/h1-7H2,(H,10,11)(H,12,13);2H,1,3-5H2,(H,7,8). The predicted molar refractivity (Wildman–Crippen MR) is 82.7 cm³/mol. The van der Waals surface area contributed by atoms with Crippen molar-refractivity contribution < 1.29 is 19.8 Å². The van der Waals surface area contributed by atoms with Crippen molar-refractivity contribution in [3.8, 4) is 0 Å². The number of hydrogen-bond acceptors (Lipinski definition) is 4. The highest BCUT2D eigenvalue weighted by Crippen LogP contribution is 2.06. The van der Waals surface area contributed by atoms with Gasteiger partial charge in [-0.15, -0.1) is 6.58 Å². The summed E-state index contributed by atoms with van der Waals surface area (Å²) in [6, 6.07) is 0. The first-order chi connectivity index (χ1) is 10.1. The van der Waals surface area contributed by atoms with Crippen LogP contribution in [0.2, 0.25) is 0 Å². The zero-order chi connectivity index (χ0) is 15.9. The van der Waals surface area contributed by atoms with Gasteiger partial charge in [-0.3, -0.25) is 14.6 Å². The monoisotopic (exact) mass is 298 g/mol. The highest BCUT2D eigenvalue weighted by molar-refractivity contribution is 5.84. The maximum atomic E-state index is 10.1. The minimum Gasteiger partial charge on any atom is -0.481 e. The molecule has 6 nitrogen and oxygen atoms in total.